The Morgan fingerprint density at radius 2 is 1.68 bits per heavy atom. The van der Waals surface area contributed by atoms with Gasteiger partial charge in [-0.1, -0.05) is 34.6 Å². The van der Waals surface area contributed by atoms with E-state index in [-0.39, 0.29) is 5.92 Å². The predicted molar refractivity (Wildman–Crippen MR) is 94.4 cm³/mol. The zero-order valence-electron chi connectivity index (χ0n) is 15.7. The molecule has 22 heavy (non-hydrogen) atoms. The molecular weight excluding hydrogens is 278 g/mol. The molecule has 0 aromatic carbocycles. The third-order valence-corrected chi connectivity index (χ3v) is 3.40. The highest BCUT2D eigenvalue weighted by Gasteiger charge is 2.18. The van der Waals surface area contributed by atoms with Crippen LogP contribution in [-0.2, 0) is 9.53 Å². The molecule has 0 aliphatic carbocycles. The highest BCUT2D eigenvalue weighted by molar-refractivity contribution is 5.70. The van der Waals surface area contributed by atoms with Gasteiger partial charge in [0.1, 0.15) is 0 Å². The second-order valence-electron chi connectivity index (χ2n) is 6.09. The number of ether oxygens (including phenoxy) is 1. The lowest BCUT2D eigenvalue weighted by molar-refractivity contribution is -0.142. The second-order valence-corrected chi connectivity index (χ2v) is 6.09. The highest BCUT2D eigenvalue weighted by Crippen LogP contribution is 2.10. The van der Waals surface area contributed by atoms with E-state index < -0.39 is 5.97 Å². The topological polar surface area (TPSA) is 49.8 Å². The fourth-order valence-electron chi connectivity index (χ4n) is 2.27. The molecule has 1 N–H and O–H groups in total. The van der Waals surface area contributed by atoms with Crippen molar-refractivity contribution in [1.29, 1.82) is 0 Å². The minimum atomic E-state index is -0.687. The number of rotatable bonds is 13. The molecule has 4 nitrogen and oxygen atoms in total. The van der Waals surface area contributed by atoms with Crippen molar-refractivity contribution in [2.24, 2.45) is 11.8 Å². The van der Waals surface area contributed by atoms with Gasteiger partial charge >= 0.3 is 5.97 Å². The molecule has 0 aromatic rings. The van der Waals surface area contributed by atoms with Crippen LogP contribution in [-0.4, -0.2) is 49.3 Å². The number of hydrogen-bond acceptors (Lipinski definition) is 3. The van der Waals surface area contributed by atoms with Gasteiger partial charge in [-0.05, 0) is 51.6 Å². The lowest BCUT2D eigenvalue weighted by Crippen LogP contribution is -2.31. The van der Waals surface area contributed by atoms with Crippen LogP contribution in [0.2, 0.25) is 0 Å². The van der Waals surface area contributed by atoms with Crippen molar-refractivity contribution >= 4 is 5.97 Å². The summed E-state index contributed by atoms with van der Waals surface area (Å²) in [4.78, 5) is 13.3. The van der Waals surface area contributed by atoms with Crippen molar-refractivity contribution in [2.45, 2.75) is 66.7 Å². The summed E-state index contributed by atoms with van der Waals surface area (Å²) in [6.45, 7) is 13.6. The Labute approximate surface area is 138 Å². The fourth-order valence-corrected chi connectivity index (χ4v) is 2.27. The molecule has 0 radical (unpaired) electrons. The van der Waals surface area contributed by atoms with Gasteiger partial charge < -0.3 is 14.7 Å². The second kappa shape index (κ2) is 16.8. The van der Waals surface area contributed by atoms with Gasteiger partial charge in [0.2, 0.25) is 0 Å². The molecular formula is C18H39NO3. The first-order valence-electron chi connectivity index (χ1n) is 8.96. The van der Waals surface area contributed by atoms with Crippen molar-refractivity contribution in [3.63, 3.8) is 0 Å². The summed E-state index contributed by atoms with van der Waals surface area (Å²) in [6.07, 6.45) is 4.88. The van der Waals surface area contributed by atoms with Crippen molar-refractivity contribution in [3.05, 3.63) is 0 Å². The third-order valence-electron chi connectivity index (χ3n) is 3.40. The number of hydrogen-bond donors (Lipinski definition) is 1. The third kappa shape index (κ3) is 15.8. The van der Waals surface area contributed by atoms with Crippen LogP contribution in [0.25, 0.3) is 0 Å². The van der Waals surface area contributed by atoms with E-state index in [0.29, 0.717) is 19.6 Å². The molecule has 0 saturated carbocycles. The molecule has 0 bridgehead atoms. The minimum absolute atomic E-state index is 0.272. The minimum Gasteiger partial charge on any atom is -0.481 e. The maximum atomic E-state index is 11.2. The Hall–Kier alpha value is -0.610. The van der Waals surface area contributed by atoms with Gasteiger partial charge in [-0.15, -0.1) is 0 Å². The molecule has 0 heterocycles. The molecule has 4 heteroatoms. The first-order chi connectivity index (χ1) is 10.5. The number of nitrogens with zero attached hydrogens (tertiary/aromatic N) is 1. The monoisotopic (exact) mass is 317 g/mol. The zero-order valence-corrected chi connectivity index (χ0v) is 15.7. The normalized spacial score (nSPS) is 12.2. The zero-order chi connectivity index (χ0) is 17.4. The summed E-state index contributed by atoms with van der Waals surface area (Å²) in [5.41, 5.74) is 0. The van der Waals surface area contributed by atoms with Gasteiger partial charge in [0.25, 0.3) is 0 Å². The van der Waals surface area contributed by atoms with Crippen molar-refractivity contribution in [1.82, 2.24) is 4.90 Å². The number of aliphatic carboxylic acids is 1. The molecule has 134 valence electrons. The Bertz CT molecular complexity index is 244. The van der Waals surface area contributed by atoms with Crippen molar-refractivity contribution in [2.75, 3.05) is 33.4 Å². The lowest BCUT2D eigenvalue weighted by Gasteiger charge is -2.20. The summed E-state index contributed by atoms with van der Waals surface area (Å²) in [5.74, 6) is -0.234. The molecule has 0 aliphatic heterocycles. The first kappa shape index (κ1) is 23.7. The fraction of sp³-hybridized carbons (Fsp3) is 0.944. The molecule has 0 amide bonds. The number of carboxylic acid groups (broad SMARTS) is 1. The maximum Gasteiger partial charge on any atom is 0.307 e. The molecule has 0 saturated heterocycles. The van der Waals surface area contributed by atoms with Crippen LogP contribution in [0, 0.1) is 11.8 Å². The van der Waals surface area contributed by atoms with Crippen LogP contribution in [0.3, 0.4) is 0 Å². The molecule has 1 unspecified atom stereocenters. The van der Waals surface area contributed by atoms with Gasteiger partial charge in [-0.2, -0.15) is 0 Å². The molecule has 0 aromatic heterocycles. The van der Waals surface area contributed by atoms with E-state index in [4.69, 9.17) is 4.74 Å². The highest BCUT2D eigenvalue weighted by atomic mass is 16.5. The lowest BCUT2D eigenvalue weighted by atomic mass is 10.0. The summed E-state index contributed by atoms with van der Waals surface area (Å²) in [5, 5.41) is 9.22. The van der Waals surface area contributed by atoms with Crippen molar-refractivity contribution < 1.29 is 14.6 Å². The van der Waals surface area contributed by atoms with E-state index in [2.05, 4.69) is 25.7 Å². The average molecular weight is 318 g/mol. The Kier molecular flexibility index (Phi) is 18.0. The smallest absolute Gasteiger partial charge is 0.307 e. The standard InChI is InChI=1S/C16H33NO3.C2H6/c1-5-10-17(4)13-15(16(18)19)9-7-12-20-11-6-8-14(2)3;1-2/h14-15H,5-13H2,1-4H3,(H,18,19);1-2H3. The van der Waals surface area contributed by atoms with Crippen LogP contribution < -0.4 is 0 Å². The largest absolute Gasteiger partial charge is 0.481 e. The molecule has 0 fully saturated rings. The Morgan fingerprint density at radius 3 is 2.14 bits per heavy atom. The van der Waals surface area contributed by atoms with Gasteiger partial charge in [0, 0.05) is 19.8 Å². The number of carbonyl (C=O) groups is 1. The van der Waals surface area contributed by atoms with E-state index in [1.165, 1.54) is 6.42 Å². The van der Waals surface area contributed by atoms with E-state index >= 15 is 0 Å². The van der Waals surface area contributed by atoms with Crippen LogP contribution in [0.1, 0.15) is 66.7 Å². The SMILES string of the molecule is CC.CCCN(C)CC(CCCOCCCC(C)C)C(=O)O. The first-order valence-corrected chi connectivity index (χ1v) is 8.96. The summed E-state index contributed by atoms with van der Waals surface area (Å²) in [6, 6.07) is 0. The van der Waals surface area contributed by atoms with E-state index in [9.17, 15) is 9.90 Å². The van der Waals surface area contributed by atoms with E-state index in [1.54, 1.807) is 0 Å². The van der Waals surface area contributed by atoms with Crippen LogP contribution in [0.4, 0.5) is 0 Å². The summed E-state index contributed by atoms with van der Waals surface area (Å²) < 4.78 is 5.56. The predicted octanol–water partition coefficient (Wildman–Crippen LogP) is 4.29. The van der Waals surface area contributed by atoms with E-state index in [0.717, 1.165) is 38.3 Å². The molecule has 1 atom stereocenters. The van der Waals surface area contributed by atoms with Crippen LogP contribution >= 0.6 is 0 Å². The molecule has 0 aliphatic rings. The Balaban J connectivity index is 0. The molecule has 0 spiro atoms. The van der Waals surface area contributed by atoms with Gasteiger partial charge in [-0.3, -0.25) is 4.79 Å². The maximum absolute atomic E-state index is 11.2. The quantitative estimate of drug-likeness (QED) is 0.515. The van der Waals surface area contributed by atoms with Gasteiger partial charge in [0.05, 0.1) is 5.92 Å². The van der Waals surface area contributed by atoms with E-state index in [1.807, 2.05) is 20.9 Å². The van der Waals surface area contributed by atoms with Crippen molar-refractivity contribution in [3.8, 4) is 0 Å². The summed E-state index contributed by atoms with van der Waals surface area (Å²) >= 11 is 0. The Morgan fingerprint density at radius 1 is 1.14 bits per heavy atom. The molecule has 0 rings (SSSR count). The van der Waals surface area contributed by atoms with Crippen LogP contribution in [0.15, 0.2) is 0 Å². The average Bonchev–Trinajstić information content (AvgIpc) is 2.46. The van der Waals surface area contributed by atoms with Gasteiger partial charge in [0.15, 0.2) is 0 Å². The van der Waals surface area contributed by atoms with Gasteiger partial charge in [-0.25, -0.2) is 0 Å². The number of carboxylic acids is 1. The summed E-state index contributed by atoms with van der Waals surface area (Å²) in [7, 11) is 1.99. The van der Waals surface area contributed by atoms with Crippen LogP contribution in [0.5, 0.6) is 0 Å².